The molecule has 0 spiro atoms. The first kappa shape index (κ1) is 14.4. The van der Waals surface area contributed by atoms with Crippen LogP contribution in [0.4, 0.5) is 0 Å². The number of carboxylic acid groups (broad SMARTS) is 1. The van der Waals surface area contributed by atoms with Gasteiger partial charge in [0.25, 0.3) is 0 Å². The maximum absolute atomic E-state index is 12.3. The summed E-state index contributed by atoms with van der Waals surface area (Å²) < 4.78 is 0. The minimum absolute atomic E-state index is 0.0444. The number of carbonyl (C=O) groups excluding carboxylic acids is 1. The van der Waals surface area contributed by atoms with E-state index >= 15 is 0 Å². The van der Waals surface area contributed by atoms with E-state index in [0.29, 0.717) is 31.2 Å². The van der Waals surface area contributed by atoms with Gasteiger partial charge >= 0.3 is 5.97 Å². The van der Waals surface area contributed by atoms with E-state index in [-0.39, 0.29) is 5.91 Å². The first-order valence-electron chi connectivity index (χ1n) is 7.62. The quantitative estimate of drug-likeness (QED) is 0.852. The van der Waals surface area contributed by atoms with Crippen molar-refractivity contribution in [1.82, 2.24) is 4.90 Å². The van der Waals surface area contributed by atoms with Crippen molar-refractivity contribution in [2.24, 2.45) is 11.8 Å². The van der Waals surface area contributed by atoms with Crippen LogP contribution in [0.2, 0.25) is 0 Å². The van der Waals surface area contributed by atoms with Crippen LogP contribution in [-0.2, 0) is 9.59 Å². The van der Waals surface area contributed by atoms with Gasteiger partial charge in [-0.05, 0) is 24.7 Å². The van der Waals surface area contributed by atoms with Gasteiger partial charge in [0.1, 0.15) is 6.04 Å². The van der Waals surface area contributed by atoms with Crippen molar-refractivity contribution < 1.29 is 14.7 Å². The molecule has 1 amide bonds. The molecular weight excluding hydrogens is 242 g/mol. The van der Waals surface area contributed by atoms with Crippen molar-refractivity contribution >= 4 is 11.9 Å². The third-order valence-electron chi connectivity index (χ3n) is 4.81. The number of carbonyl (C=O) groups is 2. The van der Waals surface area contributed by atoms with E-state index < -0.39 is 12.0 Å². The molecule has 2 rings (SSSR count). The number of amides is 1. The highest BCUT2D eigenvalue weighted by molar-refractivity contribution is 5.84. The van der Waals surface area contributed by atoms with Crippen molar-refractivity contribution in [3.63, 3.8) is 0 Å². The summed E-state index contributed by atoms with van der Waals surface area (Å²) in [5.41, 5.74) is 0. The molecule has 0 aromatic heterocycles. The third kappa shape index (κ3) is 3.48. The molecule has 1 N–H and O–H groups in total. The van der Waals surface area contributed by atoms with Gasteiger partial charge in [0, 0.05) is 13.0 Å². The van der Waals surface area contributed by atoms with Crippen LogP contribution in [0.1, 0.15) is 58.3 Å². The maximum Gasteiger partial charge on any atom is 0.326 e. The van der Waals surface area contributed by atoms with Gasteiger partial charge in [-0.25, -0.2) is 4.79 Å². The molecule has 2 fully saturated rings. The Morgan fingerprint density at radius 1 is 1.16 bits per heavy atom. The van der Waals surface area contributed by atoms with Crippen LogP contribution in [0.3, 0.4) is 0 Å². The molecule has 2 aliphatic rings. The predicted octanol–water partition coefficient (Wildman–Crippen LogP) is 2.67. The summed E-state index contributed by atoms with van der Waals surface area (Å²) in [6.45, 7) is 2.77. The second-order valence-corrected chi connectivity index (χ2v) is 6.16. The van der Waals surface area contributed by atoms with Crippen LogP contribution >= 0.6 is 0 Å². The molecule has 4 nitrogen and oxygen atoms in total. The molecule has 1 aliphatic heterocycles. The van der Waals surface area contributed by atoms with Gasteiger partial charge in [0.15, 0.2) is 0 Å². The zero-order valence-electron chi connectivity index (χ0n) is 11.8. The van der Waals surface area contributed by atoms with Crippen molar-refractivity contribution in [3.05, 3.63) is 0 Å². The van der Waals surface area contributed by atoms with Crippen LogP contribution < -0.4 is 0 Å². The first-order valence-corrected chi connectivity index (χ1v) is 7.62. The molecule has 0 aromatic rings. The van der Waals surface area contributed by atoms with Gasteiger partial charge in [-0.15, -0.1) is 0 Å². The average molecular weight is 267 g/mol. The van der Waals surface area contributed by atoms with Crippen LogP contribution in [-0.4, -0.2) is 34.5 Å². The Morgan fingerprint density at radius 3 is 2.47 bits per heavy atom. The summed E-state index contributed by atoms with van der Waals surface area (Å²) in [6.07, 6.45) is 8.31. The lowest BCUT2D eigenvalue weighted by molar-refractivity contribution is -0.148. The molecule has 1 heterocycles. The lowest BCUT2D eigenvalue weighted by Gasteiger charge is -2.29. The van der Waals surface area contributed by atoms with Crippen molar-refractivity contribution in [3.8, 4) is 0 Å². The fourth-order valence-corrected chi connectivity index (χ4v) is 3.58. The molecule has 4 heteroatoms. The SMILES string of the molecule is CC(CC(=O)N1CCC[C@H]1C(=O)O)C1CCCCC1. The topological polar surface area (TPSA) is 57.6 Å². The van der Waals surface area contributed by atoms with Crippen LogP contribution in [0, 0.1) is 11.8 Å². The van der Waals surface area contributed by atoms with Gasteiger partial charge in [-0.3, -0.25) is 4.79 Å². The standard InChI is InChI=1S/C15H25NO3/c1-11(12-6-3-2-4-7-12)10-14(17)16-9-5-8-13(16)15(18)19/h11-13H,2-10H2,1H3,(H,18,19)/t11?,13-/m0/s1. The average Bonchev–Trinajstić information content (AvgIpc) is 2.89. The first-order chi connectivity index (χ1) is 9.09. The highest BCUT2D eigenvalue weighted by atomic mass is 16.4. The second-order valence-electron chi connectivity index (χ2n) is 6.16. The van der Waals surface area contributed by atoms with Crippen LogP contribution in [0.5, 0.6) is 0 Å². The number of hydrogen-bond acceptors (Lipinski definition) is 2. The lowest BCUT2D eigenvalue weighted by Crippen LogP contribution is -2.41. The van der Waals surface area contributed by atoms with Crippen molar-refractivity contribution in [1.29, 1.82) is 0 Å². The normalized spacial score (nSPS) is 26.4. The van der Waals surface area contributed by atoms with E-state index in [0.717, 1.165) is 6.42 Å². The van der Waals surface area contributed by atoms with Gasteiger partial charge < -0.3 is 10.0 Å². The highest BCUT2D eigenvalue weighted by Crippen LogP contribution is 2.32. The number of aliphatic carboxylic acids is 1. The number of rotatable bonds is 4. The second kappa shape index (κ2) is 6.40. The van der Waals surface area contributed by atoms with Crippen molar-refractivity contribution in [2.75, 3.05) is 6.54 Å². The van der Waals surface area contributed by atoms with Gasteiger partial charge in [0.05, 0.1) is 0 Å². The van der Waals surface area contributed by atoms with Gasteiger partial charge in [-0.2, -0.15) is 0 Å². The fourth-order valence-electron chi connectivity index (χ4n) is 3.58. The Morgan fingerprint density at radius 2 is 1.84 bits per heavy atom. The predicted molar refractivity (Wildman–Crippen MR) is 72.7 cm³/mol. The van der Waals surface area contributed by atoms with Gasteiger partial charge in [0.2, 0.25) is 5.91 Å². The summed E-state index contributed by atoms with van der Waals surface area (Å²) in [5, 5.41) is 9.12. The summed E-state index contributed by atoms with van der Waals surface area (Å²) in [4.78, 5) is 25.0. The van der Waals surface area contributed by atoms with E-state index in [2.05, 4.69) is 6.92 Å². The molecule has 108 valence electrons. The number of likely N-dealkylation sites (tertiary alicyclic amines) is 1. The lowest BCUT2D eigenvalue weighted by atomic mass is 9.79. The summed E-state index contributed by atoms with van der Waals surface area (Å²) >= 11 is 0. The zero-order valence-corrected chi connectivity index (χ0v) is 11.8. The monoisotopic (exact) mass is 267 g/mol. The highest BCUT2D eigenvalue weighted by Gasteiger charge is 2.35. The Balaban J connectivity index is 1.87. The molecule has 0 aromatic carbocycles. The molecule has 1 saturated carbocycles. The fraction of sp³-hybridized carbons (Fsp3) is 0.867. The largest absolute Gasteiger partial charge is 0.480 e. The maximum atomic E-state index is 12.3. The minimum atomic E-state index is -0.851. The number of carboxylic acids is 1. The zero-order chi connectivity index (χ0) is 13.8. The smallest absolute Gasteiger partial charge is 0.326 e. The molecule has 1 unspecified atom stereocenters. The summed E-state index contributed by atoms with van der Waals surface area (Å²) in [5.74, 6) is 0.241. The van der Waals surface area contributed by atoms with Crippen LogP contribution in [0.15, 0.2) is 0 Å². The van der Waals surface area contributed by atoms with E-state index in [4.69, 9.17) is 5.11 Å². The molecule has 0 radical (unpaired) electrons. The third-order valence-corrected chi connectivity index (χ3v) is 4.81. The molecule has 0 bridgehead atoms. The minimum Gasteiger partial charge on any atom is -0.480 e. The van der Waals surface area contributed by atoms with Crippen molar-refractivity contribution in [2.45, 2.75) is 64.3 Å². The Kier molecular flexibility index (Phi) is 4.83. The summed E-state index contributed by atoms with van der Waals surface area (Å²) in [6, 6.07) is -0.578. The van der Waals surface area contributed by atoms with E-state index in [9.17, 15) is 9.59 Å². The Hall–Kier alpha value is -1.06. The summed E-state index contributed by atoms with van der Waals surface area (Å²) in [7, 11) is 0. The van der Waals surface area contributed by atoms with E-state index in [1.165, 1.54) is 32.1 Å². The number of hydrogen-bond donors (Lipinski definition) is 1. The number of nitrogens with zero attached hydrogens (tertiary/aromatic N) is 1. The molecule has 1 aliphatic carbocycles. The molecule has 19 heavy (non-hydrogen) atoms. The van der Waals surface area contributed by atoms with Gasteiger partial charge in [-0.1, -0.05) is 39.0 Å². The van der Waals surface area contributed by atoms with E-state index in [1.54, 1.807) is 4.90 Å². The Bertz CT molecular complexity index is 336. The molecule has 2 atom stereocenters. The molecule has 1 saturated heterocycles. The van der Waals surface area contributed by atoms with E-state index in [1.807, 2.05) is 0 Å². The Labute approximate surface area is 115 Å². The van der Waals surface area contributed by atoms with Crippen LogP contribution in [0.25, 0.3) is 0 Å². The molecular formula is C15H25NO3.